The first-order valence-corrected chi connectivity index (χ1v) is 33.5. The van der Waals surface area contributed by atoms with Crippen molar-refractivity contribution in [1.29, 1.82) is 0 Å². The number of aliphatic hydroxyl groups excluding tert-OH is 2. The van der Waals surface area contributed by atoms with E-state index in [0.29, 0.717) is 55.7 Å². The molecule has 0 spiro atoms. The summed E-state index contributed by atoms with van der Waals surface area (Å²) >= 11 is 0. The van der Waals surface area contributed by atoms with E-state index in [1.807, 2.05) is 69.3 Å². The Kier molecular flexibility index (Phi) is 27.6. The lowest BCUT2D eigenvalue weighted by atomic mass is 9.88. The molecule has 0 unspecified atom stereocenters. The normalized spacial score (nSPS) is 23.8. The zero-order valence-electron chi connectivity index (χ0n) is 56.8. The second kappa shape index (κ2) is 35.2. The molecule has 1 aliphatic carbocycles. The number of nitrogens with one attached hydrogen (secondary N) is 4. The fourth-order valence-corrected chi connectivity index (χ4v) is 12.7. The number of fused-ring (bicyclic) bond motifs is 3. The summed E-state index contributed by atoms with van der Waals surface area (Å²) in [7, 11) is 0. The van der Waals surface area contributed by atoms with Crippen LogP contribution >= 0.6 is 0 Å². The number of rotatable bonds is 28. The van der Waals surface area contributed by atoms with Gasteiger partial charge in [0.1, 0.15) is 24.9 Å². The fraction of sp³-hybridized carbons (Fsp3) is 0.556. The molecule has 0 radical (unpaired) electrons. The first-order valence-electron chi connectivity index (χ1n) is 33.5. The van der Waals surface area contributed by atoms with Gasteiger partial charge in [-0.2, -0.15) is 0 Å². The van der Waals surface area contributed by atoms with Gasteiger partial charge in [-0.25, -0.2) is 19.2 Å². The van der Waals surface area contributed by atoms with Crippen molar-refractivity contribution < 1.29 is 82.1 Å². The maximum absolute atomic E-state index is 14.0. The van der Waals surface area contributed by atoms with Gasteiger partial charge in [0.2, 0.25) is 5.91 Å². The molecule has 96 heavy (non-hydrogen) atoms. The van der Waals surface area contributed by atoms with Crippen molar-refractivity contribution in [3.05, 3.63) is 125 Å². The van der Waals surface area contributed by atoms with Crippen LogP contribution in [0.25, 0.3) is 11.1 Å². The van der Waals surface area contributed by atoms with Crippen LogP contribution in [-0.4, -0.2) is 179 Å². The first-order chi connectivity index (χ1) is 45.6. The van der Waals surface area contributed by atoms with Gasteiger partial charge in [0, 0.05) is 94.9 Å². The third-order valence-corrected chi connectivity index (χ3v) is 18.3. The number of nitrogens with two attached hydrogens (primary N) is 1. The van der Waals surface area contributed by atoms with Gasteiger partial charge in [-0.1, -0.05) is 120 Å². The molecule has 9 N–H and O–H groups in total. The minimum atomic E-state index is -1.45. The number of aliphatic hydroxyl groups is 3. The van der Waals surface area contributed by atoms with E-state index in [-0.39, 0.29) is 107 Å². The summed E-state index contributed by atoms with van der Waals surface area (Å²) < 4.78 is 35.0. The lowest BCUT2D eigenvalue weighted by Gasteiger charge is -2.39. The number of benzene rings is 3. The molecule has 24 nitrogen and oxygen atoms in total. The number of allylic oxidation sites excluding steroid dienone is 2. The summed E-state index contributed by atoms with van der Waals surface area (Å²) in [5.74, 6) is -4.02. The van der Waals surface area contributed by atoms with Gasteiger partial charge >= 0.3 is 36.2 Å². The van der Waals surface area contributed by atoms with Crippen LogP contribution in [0, 0.1) is 23.7 Å². The Hall–Kier alpha value is -8.16. The molecule has 524 valence electrons. The molecule has 4 aliphatic rings. The van der Waals surface area contributed by atoms with Crippen LogP contribution in [0.1, 0.15) is 136 Å². The minimum absolute atomic E-state index is 0.0108. The number of esters is 2. The molecule has 3 heterocycles. The zero-order valence-corrected chi connectivity index (χ0v) is 56.8. The molecule has 24 heteroatoms. The summed E-state index contributed by atoms with van der Waals surface area (Å²) in [4.78, 5) is 109. The number of urea groups is 1. The predicted octanol–water partition coefficient (Wildman–Crippen LogP) is 8.35. The maximum Gasteiger partial charge on any atom is 0.410 e. The van der Waals surface area contributed by atoms with Gasteiger partial charge in [-0.3, -0.25) is 24.1 Å². The van der Waals surface area contributed by atoms with Gasteiger partial charge in [0.05, 0.1) is 42.5 Å². The van der Waals surface area contributed by atoms with Crippen molar-refractivity contribution in [3.8, 4) is 11.1 Å². The second-order valence-corrected chi connectivity index (χ2v) is 26.6. The minimum Gasteiger partial charge on any atom is -0.457 e. The topological polar surface area (TPSA) is 337 Å². The number of ether oxygens (including phenoxy) is 6. The van der Waals surface area contributed by atoms with Crippen LogP contribution in [0.3, 0.4) is 0 Å². The number of alkyl carbamates (subject to hydrolysis) is 2. The Morgan fingerprint density at radius 1 is 0.885 bits per heavy atom. The van der Waals surface area contributed by atoms with Crippen molar-refractivity contribution in [2.75, 3.05) is 57.7 Å². The largest absolute Gasteiger partial charge is 0.457 e. The van der Waals surface area contributed by atoms with Gasteiger partial charge in [-0.15, -0.1) is 0 Å². The number of cyclic esters (lactones) is 1. The highest BCUT2D eigenvalue weighted by atomic mass is 16.6. The Morgan fingerprint density at radius 2 is 1.55 bits per heavy atom. The number of anilines is 1. The highest BCUT2D eigenvalue weighted by molar-refractivity contribution is 5.97. The maximum atomic E-state index is 14.0. The predicted molar refractivity (Wildman–Crippen MR) is 359 cm³/mol. The molecule has 7 rings (SSSR count). The molecule has 2 fully saturated rings. The molecule has 0 bridgehead atoms. The highest BCUT2D eigenvalue weighted by Crippen LogP contribution is 2.45. The Balaban J connectivity index is 0.864. The third kappa shape index (κ3) is 22.2. The van der Waals surface area contributed by atoms with E-state index in [2.05, 4.69) is 26.2 Å². The molecule has 3 aliphatic heterocycles. The van der Waals surface area contributed by atoms with Gasteiger partial charge < -0.3 is 75.6 Å². The Bertz CT molecular complexity index is 3210. The van der Waals surface area contributed by atoms with E-state index in [9.17, 15) is 53.7 Å². The number of hydrogen-bond donors (Lipinski definition) is 8. The van der Waals surface area contributed by atoms with Gasteiger partial charge in [0.25, 0.3) is 0 Å². The number of carbonyl (C=O) groups excluding carboxylic acids is 8. The average molecular weight is 1330 g/mol. The van der Waals surface area contributed by atoms with E-state index in [1.165, 1.54) is 6.92 Å². The van der Waals surface area contributed by atoms with Crippen LogP contribution in [0.5, 0.6) is 0 Å². The zero-order chi connectivity index (χ0) is 69.9. The summed E-state index contributed by atoms with van der Waals surface area (Å²) in [5.41, 5.74) is 8.52. The van der Waals surface area contributed by atoms with Crippen molar-refractivity contribution >= 4 is 53.6 Å². The van der Waals surface area contributed by atoms with E-state index in [1.54, 1.807) is 94.2 Å². The SMILES string of the molecule is CC[C@H](O)[C@@H](C)[C@H]1O[C@@H]1C[C@@](C)(O)/C=C/C=C(\C)[C@H]1OC(=O)C[C@H](O)CC[C@@](C)(OC(C)=O)[C@@H](OC(=O)N2CCN(CCNC(=O)OCc3ccc(NC(=O)[C@H](CCCNC(N)=O)CC(=O)[C@@H](NC(=O)OCC4c5ccccc5-c5ccccc54)C(C)C)cc3)CC2)/C=C/[C@@H]1C. The monoisotopic (exact) mass is 1330 g/mol. The van der Waals surface area contributed by atoms with Crippen LogP contribution in [-0.2, 0) is 54.2 Å². The lowest BCUT2D eigenvalue weighted by Crippen LogP contribution is -2.53. The number of nitrogens with zero attached hydrogens (tertiary/aromatic N) is 2. The highest BCUT2D eigenvalue weighted by Gasteiger charge is 2.48. The van der Waals surface area contributed by atoms with Gasteiger partial charge in [-0.05, 0) is 110 Å². The van der Waals surface area contributed by atoms with E-state index in [0.717, 1.165) is 22.3 Å². The van der Waals surface area contributed by atoms with Crippen molar-refractivity contribution in [2.45, 2.75) is 180 Å². The molecule has 3 aromatic rings. The standard InChI is InChI=1S/C72H99N7O17/c1-10-58(82)47(6)65-60(93-65)41-71(8,90)30-15-17-45(4)64-46(5)23-28-61(72(9,96-48(7)80)31-29-52(81)40-62(84)95-64)94-70(89)79-37-35-78(36-38-79)34-33-75-68(87)91-42-49-24-26-51(27-25-49)76-66(85)50(18-16-32-74-67(73)86)39-59(83)63(44(2)3)77-69(88)92-43-57-55-21-13-11-19-53(55)54-20-12-14-22-56(54)57/h11-15,17,19-28,30,44,46-47,50,52,57-58,60-61,63-65,81-82,90H,10,16,18,29,31-43H2,1-9H3,(H,75,87)(H,76,85)(H,77,88)(H3,73,74,86)/b28-23+,30-15+,45-17+/t46-,47+,50+,52+,58-,60+,61-,63-,64+,65+,71-,72+/m0/s1. The van der Waals surface area contributed by atoms with Crippen molar-refractivity contribution in [1.82, 2.24) is 25.8 Å². The lowest BCUT2D eigenvalue weighted by molar-refractivity contribution is -0.168. The fourth-order valence-electron chi connectivity index (χ4n) is 12.7. The van der Waals surface area contributed by atoms with Crippen molar-refractivity contribution in [2.24, 2.45) is 29.4 Å². The molecule has 3 aromatic carbocycles. The number of carbonyl (C=O) groups is 8. The summed E-state index contributed by atoms with van der Waals surface area (Å²) in [6.45, 7) is 17.8. The average Bonchev–Trinajstić information content (AvgIpc) is 1.64. The summed E-state index contributed by atoms with van der Waals surface area (Å²) in [6, 6.07) is 20.9. The summed E-state index contributed by atoms with van der Waals surface area (Å²) in [6.07, 6.45) is 3.34. The first kappa shape index (κ1) is 75.2. The van der Waals surface area contributed by atoms with Crippen LogP contribution in [0.4, 0.5) is 24.9 Å². The van der Waals surface area contributed by atoms with Crippen LogP contribution < -0.4 is 27.0 Å². The number of piperazine rings is 1. The molecular weight excluding hydrogens is 1230 g/mol. The Labute approximate surface area is 563 Å². The molecule has 2 saturated heterocycles. The third-order valence-electron chi connectivity index (χ3n) is 18.3. The molecule has 6 amide bonds. The van der Waals surface area contributed by atoms with Crippen LogP contribution in [0.2, 0.25) is 0 Å². The molecular formula is C72H99N7O17. The number of hydrogen-bond acceptors (Lipinski definition) is 18. The van der Waals surface area contributed by atoms with Crippen molar-refractivity contribution in [3.63, 3.8) is 0 Å². The number of Topliss-reactive ketones (excluding diaryl/α,β-unsaturated/α-hetero) is 1. The second-order valence-electron chi connectivity index (χ2n) is 26.6. The number of primary amides is 1. The van der Waals surface area contributed by atoms with E-state index < -0.39 is 95.7 Å². The Morgan fingerprint density at radius 3 is 2.19 bits per heavy atom. The van der Waals surface area contributed by atoms with Gasteiger partial charge in [0.15, 0.2) is 11.9 Å². The quantitative estimate of drug-likeness (QED) is 0.00845. The number of epoxide rings is 1. The van der Waals surface area contributed by atoms with E-state index >= 15 is 0 Å². The number of amides is 6. The molecule has 12 atom stereocenters. The van der Waals surface area contributed by atoms with Crippen LogP contribution in [0.15, 0.2) is 109 Å². The van der Waals surface area contributed by atoms with E-state index in [4.69, 9.17) is 34.2 Å². The molecule has 0 aromatic heterocycles. The number of ketones is 1. The smallest absolute Gasteiger partial charge is 0.410 e. The molecule has 0 saturated carbocycles. The summed E-state index contributed by atoms with van der Waals surface area (Å²) in [5, 5.41) is 43.4.